The minimum atomic E-state index is 0.0900. The molecule has 0 atom stereocenters. The van der Waals surface area contributed by atoms with Crippen molar-refractivity contribution in [1.82, 2.24) is 14.6 Å². The Kier molecular flexibility index (Phi) is 3.76. The van der Waals surface area contributed by atoms with Gasteiger partial charge in [0.15, 0.2) is 5.65 Å². The van der Waals surface area contributed by atoms with Crippen LogP contribution in [0.5, 0.6) is 0 Å². The van der Waals surface area contributed by atoms with Gasteiger partial charge in [-0.05, 0) is 45.6 Å². The molecule has 0 aromatic carbocycles. The van der Waals surface area contributed by atoms with Crippen LogP contribution in [-0.4, -0.2) is 32.9 Å². The highest BCUT2D eigenvalue weighted by Crippen LogP contribution is 2.31. The number of fused-ring (bicyclic) bond motifs is 2. The molecule has 1 aliphatic carbocycles. The van der Waals surface area contributed by atoms with Gasteiger partial charge in [0.05, 0.1) is 12.3 Å². The lowest BCUT2D eigenvalue weighted by Gasteiger charge is -2.20. The van der Waals surface area contributed by atoms with Crippen LogP contribution in [0.1, 0.15) is 35.6 Å². The summed E-state index contributed by atoms with van der Waals surface area (Å²) in [5, 5.41) is 17.3. The molecule has 6 heteroatoms. The standard InChI is InChI=1S/C18H22N4O2/c1-11-9-14(12(2)24-11)16-10-17-20-15-6-4-3-5-13(15)18(19-7-8-23)22(17)21-16/h9-10,19,23H,3-8H2,1-2H3. The maximum atomic E-state index is 9.21. The predicted octanol–water partition coefficient (Wildman–Crippen LogP) is 2.89. The smallest absolute Gasteiger partial charge is 0.158 e. The number of hydrogen-bond acceptors (Lipinski definition) is 5. The topological polar surface area (TPSA) is 75.6 Å². The van der Waals surface area contributed by atoms with E-state index >= 15 is 0 Å². The third-order valence-electron chi connectivity index (χ3n) is 4.60. The van der Waals surface area contributed by atoms with Gasteiger partial charge in [-0.15, -0.1) is 0 Å². The maximum Gasteiger partial charge on any atom is 0.158 e. The molecule has 6 nitrogen and oxygen atoms in total. The van der Waals surface area contributed by atoms with E-state index in [0.29, 0.717) is 6.54 Å². The highest BCUT2D eigenvalue weighted by Gasteiger charge is 2.21. The monoisotopic (exact) mass is 326 g/mol. The van der Waals surface area contributed by atoms with Crippen LogP contribution in [0.15, 0.2) is 16.5 Å². The zero-order valence-corrected chi connectivity index (χ0v) is 14.1. The molecule has 1 aliphatic rings. The molecule has 3 heterocycles. The van der Waals surface area contributed by atoms with Gasteiger partial charge in [-0.2, -0.15) is 9.61 Å². The third kappa shape index (κ3) is 2.47. The molecular weight excluding hydrogens is 304 g/mol. The highest BCUT2D eigenvalue weighted by molar-refractivity contribution is 5.68. The first-order valence-electron chi connectivity index (χ1n) is 8.51. The number of furan rings is 1. The SMILES string of the molecule is Cc1cc(-c2cc3nc4c(c(NCCO)n3n2)CCCC4)c(C)o1. The Morgan fingerprint density at radius 2 is 2.08 bits per heavy atom. The van der Waals surface area contributed by atoms with Gasteiger partial charge >= 0.3 is 0 Å². The van der Waals surface area contributed by atoms with Crippen LogP contribution in [0.4, 0.5) is 5.82 Å². The van der Waals surface area contributed by atoms with Crippen LogP contribution >= 0.6 is 0 Å². The highest BCUT2D eigenvalue weighted by atomic mass is 16.3. The second-order valence-electron chi connectivity index (χ2n) is 6.37. The summed E-state index contributed by atoms with van der Waals surface area (Å²) in [7, 11) is 0. The lowest BCUT2D eigenvalue weighted by atomic mass is 9.96. The summed E-state index contributed by atoms with van der Waals surface area (Å²) in [6.07, 6.45) is 4.36. The van der Waals surface area contributed by atoms with Gasteiger partial charge in [0.25, 0.3) is 0 Å². The van der Waals surface area contributed by atoms with Gasteiger partial charge in [-0.25, -0.2) is 4.98 Å². The second kappa shape index (κ2) is 5.94. The average Bonchev–Trinajstić information content (AvgIpc) is 3.13. The fourth-order valence-electron chi connectivity index (χ4n) is 3.52. The van der Waals surface area contributed by atoms with Crippen molar-refractivity contribution in [2.24, 2.45) is 0 Å². The molecule has 0 bridgehead atoms. The van der Waals surface area contributed by atoms with Crippen LogP contribution in [0.2, 0.25) is 0 Å². The summed E-state index contributed by atoms with van der Waals surface area (Å²) in [5.74, 6) is 2.71. The molecule has 4 rings (SSSR count). The minimum Gasteiger partial charge on any atom is -0.466 e. The number of hydrogen-bond donors (Lipinski definition) is 2. The fraction of sp³-hybridized carbons (Fsp3) is 0.444. The largest absolute Gasteiger partial charge is 0.466 e. The van der Waals surface area contributed by atoms with Gasteiger partial charge < -0.3 is 14.8 Å². The van der Waals surface area contributed by atoms with E-state index in [9.17, 15) is 5.11 Å². The molecule has 24 heavy (non-hydrogen) atoms. The van der Waals surface area contributed by atoms with Gasteiger partial charge in [0.2, 0.25) is 0 Å². The lowest BCUT2D eigenvalue weighted by molar-refractivity contribution is 0.311. The first kappa shape index (κ1) is 15.2. The number of aromatic nitrogens is 3. The molecule has 3 aromatic rings. The Balaban J connectivity index is 1.90. The molecule has 0 saturated carbocycles. The number of nitrogens with one attached hydrogen (secondary N) is 1. The summed E-state index contributed by atoms with van der Waals surface area (Å²) in [4.78, 5) is 4.83. The van der Waals surface area contributed by atoms with Crippen molar-refractivity contribution in [2.75, 3.05) is 18.5 Å². The second-order valence-corrected chi connectivity index (χ2v) is 6.37. The van der Waals surface area contributed by atoms with Gasteiger partial charge in [0.1, 0.15) is 17.3 Å². The number of aliphatic hydroxyl groups is 1. The number of aryl methyl sites for hydroxylation is 3. The number of nitrogens with zero attached hydrogens (tertiary/aromatic N) is 3. The first-order chi connectivity index (χ1) is 11.7. The van der Waals surface area contributed by atoms with Crippen molar-refractivity contribution in [3.05, 3.63) is 34.9 Å². The van der Waals surface area contributed by atoms with Gasteiger partial charge in [-0.1, -0.05) is 0 Å². The Bertz CT molecular complexity index is 894. The summed E-state index contributed by atoms with van der Waals surface area (Å²) in [6, 6.07) is 4.02. The third-order valence-corrected chi connectivity index (χ3v) is 4.60. The first-order valence-corrected chi connectivity index (χ1v) is 8.51. The summed E-state index contributed by atoms with van der Waals surface area (Å²) < 4.78 is 7.51. The molecular formula is C18H22N4O2. The summed E-state index contributed by atoms with van der Waals surface area (Å²) >= 11 is 0. The molecule has 126 valence electrons. The van der Waals surface area contributed by atoms with E-state index in [0.717, 1.165) is 52.8 Å². The summed E-state index contributed by atoms with van der Waals surface area (Å²) in [6.45, 7) is 4.49. The molecule has 0 aliphatic heterocycles. The van der Waals surface area contributed by atoms with E-state index in [4.69, 9.17) is 14.5 Å². The molecule has 0 unspecified atom stereocenters. The Hall–Kier alpha value is -2.34. The normalized spacial score (nSPS) is 14.1. The van der Waals surface area contributed by atoms with Crippen molar-refractivity contribution < 1.29 is 9.52 Å². The predicted molar refractivity (Wildman–Crippen MR) is 92.4 cm³/mol. The Morgan fingerprint density at radius 3 is 2.83 bits per heavy atom. The van der Waals surface area contributed by atoms with E-state index in [-0.39, 0.29) is 6.61 Å². The van der Waals surface area contributed by atoms with E-state index < -0.39 is 0 Å². The molecule has 0 amide bonds. The van der Waals surface area contributed by atoms with Crippen molar-refractivity contribution >= 4 is 11.5 Å². The minimum absolute atomic E-state index is 0.0900. The van der Waals surface area contributed by atoms with E-state index in [1.165, 1.54) is 18.4 Å². The Labute approximate surface area is 140 Å². The van der Waals surface area contributed by atoms with E-state index in [1.54, 1.807) is 0 Å². The van der Waals surface area contributed by atoms with Crippen molar-refractivity contribution in [3.63, 3.8) is 0 Å². The summed E-state index contributed by atoms with van der Waals surface area (Å²) in [5.41, 5.74) is 5.09. The molecule has 2 N–H and O–H groups in total. The number of rotatable bonds is 4. The average molecular weight is 326 g/mol. The lowest BCUT2D eigenvalue weighted by Crippen LogP contribution is -2.17. The number of anilines is 1. The van der Waals surface area contributed by atoms with Crippen LogP contribution in [0.3, 0.4) is 0 Å². The van der Waals surface area contributed by atoms with Crippen molar-refractivity contribution in [3.8, 4) is 11.3 Å². The zero-order valence-electron chi connectivity index (χ0n) is 14.1. The Morgan fingerprint density at radius 1 is 1.25 bits per heavy atom. The molecule has 0 spiro atoms. The van der Waals surface area contributed by atoms with Gasteiger partial charge in [0, 0.05) is 29.4 Å². The van der Waals surface area contributed by atoms with Crippen molar-refractivity contribution in [2.45, 2.75) is 39.5 Å². The molecule has 0 fully saturated rings. The van der Waals surface area contributed by atoms with Crippen LogP contribution in [-0.2, 0) is 12.8 Å². The van der Waals surface area contributed by atoms with Crippen LogP contribution < -0.4 is 5.32 Å². The van der Waals surface area contributed by atoms with E-state index in [1.807, 2.05) is 30.5 Å². The fourth-order valence-corrected chi connectivity index (χ4v) is 3.52. The van der Waals surface area contributed by atoms with Gasteiger partial charge in [-0.3, -0.25) is 0 Å². The van der Waals surface area contributed by atoms with Crippen LogP contribution in [0, 0.1) is 13.8 Å². The molecule has 0 saturated heterocycles. The quantitative estimate of drug-likeness (QED) is 0.771. The zero-order chi connectivity index (χ0) is 16.7. The molecule has 0 radical (unpaired) electrons. The number of aliphatic hydroxyl groups excluding tert-OH is 1. The van der Waals surface area contributed by atoms with Crippen LogP contribution in [0.25, 0.3) is 16.9 Å². The maximum absolute atomic E-state index is 9.21. The molecule has 3 aromatic heterocycles. The van der Waals surface area contributed by atoms with Crippen molar-refractivity contribution in [1.29, 1.82) is 0 Å². The van der Waals surface area contributed by atoms with E-state index in [2.05, 4.69) is 5.32 Å².